The fourth-order valence-electron chi connectivity index (χ4n) is 4.91. The van der Waals surface area contributed by atoms with Gasteiger partial charge in [0.2, 0.25) is 0 Å². The zero-order chi connectivity index (χ0) is 32.6. The number of benzene rings is 6. The number of hydrogen-bond donors (Lipinski definition) is 0. The lowest BCUT2D eigenvalue weighted by atomic mass is 10.0. The molecule has 2 nitrogen and oxygen atoms in total. The molecule has 0 saturated heterocycles. The Morgan fingerprint density at radius 1 is 0.362 bits per heavy atom. The third-order valence-corrected chi connectivity index (χ3v) is 10.4. The highest BCUT2D eigenvalue weighted by molar-refractivity contribution is 7.99. The SMILES string of the molecule is CC(C)Oc1ccc(Sc2ccc(-c3ccc(Sc4ccc(Oc5ccc(Sc6ccc(C(C)C)cc6)cc5)cc4)cc3)cc2)cc1. The van der Waals surface area contributed by atoms with E-state index < -0.39 is 0 Å². The lowest BCUT2D eigenvalue weighted by Gasteiger charge is -2.10. The summed E-state index contributed by atoms with van der Waals surface area (Å²) in [7, 11) is 0. The van der Waals surface area contributed by atoms with E-state index in [1.54, 1.807) is 35.3 Å². The van der Waals surface area contributed by atoms with Crippen LogP contribution in [0.15, 0.2) is 175 Å². The van der Waals surface area contributed by atoms with E-state index in [2.05, 4.69) is 123 Å². The quantitative estimate of drug-likeness (QED) is 0.129. The van der Waals surface area contributed by atoms with Crippen LogP contribution in [0.2, 0.25) is 0 Å². The Kier molecular flexibility index (Phi) is 11.0. The van der Waals surface area contributed by atoms with Gasteiger partial charge in [0, 0.05) is 29.4 Å². The molecule has 0 bridgehead atoms. The van der Waals surface area contributed by atoms with Crippen LogP contribution in [0.1, 0.15) is 39.2 Å². The van der Waals surface area contributed by atoms with Gasteiger partial charge in [0.25, 0.3) is 0 Å². The molecular weight excluding hydrogens is 633 g/mol. The molecule has 0 heterocycles. The van der Waals surface area contributed by atoms with E-state index in [0.29, 0.717) is 5.92 Å². The molecule has 0 aromatic heterocycles. The number of ether oxygens (including phenoxy) is 2. The second kappa shape index (κ2) is 15.7. The Hall–Kier alpha value is -4.03. The van der Waals surface area contributed by atoms with Crippen LogP contribution in [0.4, 0.5) is 0 Å². The maximum atomic E-state index is 6.13. The van der Waals surface area contributed by atoms with Gasteiger partial charge in [-0.25, -0.2) is 0 Å². The maximum absolute atomic E-state index is 6.13. The Labute approximate surface area is 292 Å². The molecule has 0 N–H and O–H groups in total. The van der Waals surface area contributed by atoms with Crippen molar-refractivity contribution < 1.29 is 9.47 Å². The summed E-state index contributed by atoms with van der Waals surface area (Å²) in [6.45, 7) is 8.53. The standard InChI is InChI=1S/C42H38O2S3/c1-29(2)31-5-17-37(18-6-31)45-41-25-13-35(14-26-41)44-36-15-27-42(28-16-36)47-39-21-9-33(10-22-39)32-7-19-38(20-8-32)46-40-23-11-34(12-24-40)43-30(3)4/h5-30H,1-4H3. The van der Waals surface area contributed by atoms with Crippen LogP contribution in [-0.2, 0) is 0 Å². The van der Waals surface area contributed by atoms with E-state index >= 15 is 0 Å². The second-order valence-corrected chi connectivity index (χ2v) is 15.2. The average Bonchev–Trinajstić information content (AvgIpc) is 3.08. The van der Waals surface area contributed by atoms with Crippen molar-refractivity contribution in [3.63, 3.8) is 0 Å². The topological polar surface area (TPSA) is 18.5 Å². The molecule has 0 aliphatic carbocycles. The minimum absolute atomic E-state index is 0.180. The largest absolute Gasteiger partial charge is 0.491 e. The van der Waals surface area contributed by atoms with Gasteiger partial charge in [-0.2, -0.15) is 0 Å². The Balaban J connectivity index is 0.992. The van der Waals surface area contributed by atoms with E-state index in [1.807, 2.05) is 50.2 Å². The summed E-state index contributed by atoms with van der Waals surface area (Å²) in [5, 5.41) is 0. The summed E-state index contributed by atoms with van der Waals surface area (Å²) in [5.74, 6) is 3.11. The molecule has 6 rings (SSSR count). The molecule has 6 aromatic carbocycles. The molecule has 0 fully saturated rings. The Morgan fingerprint density at radius 2 is 0.660 bits per heavy atom. The van der Waals surface area contributed by atoms with Crippen molar-refractivity contribution in [2.24, 2.45) is 0 Å². The predicted octanol–water partition coefficient (Wildman–Crippen LogP) is 13.5. The monoisotopic (exact) mass is 670 g/mol. The smallest absolute Gasteiger partial charge is 0.127 e. The van der Waals surface area contributed by atoms with Gasteiger partial charge in [0.05, 0.1) is 6.10 Å². The van der Waals surface area contributed by atoms with Gasteiger partial charge in [-0.1, -0.05) is 85.5 Å². The van der Waals surface area contributed by atoms with Gasteiger partial charge < -0.3 is 9.47 Å². The summed E-state index contributed by atoms with van der Waals surface area (Å²) in [6.07, 6.45) is 0.180. The van der Waals surface area contributed by atoms with Crippen LogP contribution in [0.5, 0.6) is 17.2 Å². The van der Waals surface area contributed by atoms with Crippen molar-refractivity contribution >= 4 is 35.3 Å². The normalized spacial score (nSPS) is 11.2. The Morgan fingerprint density at radius 3 is 0.979 bits per heavy atom. The van der Waals surface area contributed by atoms with E-state index in [0.717, 1.165) is 17.2 Å². The molecule has 6 aromatic rings. The van der Waals surface area contributed by atoms with Gasteiger partial charge in [-0.3, -0.25) is 0 Å². The summed E-state index contributed by atoms with van der Waals surface area (Å²) in [5.41, 5.74) is 3.78. The van der Waals surface area contributed by atoms with Gasteiger partial charge >= 0.3 is 0 Å². The van der Waals surface area contributed by atoms with E-state index in [1.165, 1.54) is 46.1 Å². The van der Waals surface area contributed by atoms with Gasteiger partial charge in [0.15, 0.2) is 0 Å². The molecule has 0 saturated carbocycles. The highest BCUT2D eigenvalue weighted by atomic mass is 32.2. The number of hydrogen-bond acceptors (Lipinski definition) is 5. The second-order valence-electron chi connectivity index (χ2n) is 11.8. The Bertz CT molecular complexity index is 1850. The van der Waals surface area contributed by atoms with E-state index in [9.17, 15) is 0 Å². The zero-order valence-electron chi connectivity index (χ0n) is 27.1. The third kappa shape index (κ3) is 9.51. The van der Waals surface area contributed by atoms with Gasteiger partial charge in [0.1, 0.15) is 17.2 Å². The molecule has 0 aliphatic heterocycles. The molecule has 47 heavy (non-hydrogen) atoms. The molecule has 0 spiro atoms. The van der Waals surface area contributed by atoms with Crippen LogP contribution >= 0.6 is 35.3 Å². The average molecular weight is 671 g/mol. The summed E-state index contributed by atoms with van der Waals surface area (Å²) in [4.78, 5) is 7.22. The fourth-order valence-corrected chi connectivity index (χ4v) is 7.36. The van der Waals surface area contributed by atoms with E-state index in [4.69, 9.17) is 9.47 Å². The van der Waals surface area contributed by atoms with Crippen molar-refractivity contribution in [1.29, 1.82) is 0 Å². The van der Waals surface area contributed by atoms with Crippen molar-refractivity contribution in [2.75, 3.05) is 0 Å². The molecule has 236 valence electrons. The first-order valence-electron chi connectivity index (χ1n) is 15.8. The van der Waals surface area contributed by atoms with Crippen molar-refractivity contribution in [1.82, 2.24) is 0 Å². The molecule has 0 atom stereocenters. The van der Waals surface area contributed by atoms with E-state index in [-0.39, 0.29) is 6.10 Å². The maximum Gasteiger partial charge on any atom is 0.127 e. The van der Waals surface area contributed by atoms with Gasteiger partial charge in [-0.15, -0.1) is 0 Å². The fraction of sp³-hybridized carbons (Fsp3) is 0.143. The van der Waals surface area contributed by atoms with Crippen molar-refractivity contribution in [2.45, 2.75) is 69.1 Å². The first-order chi connectivity index (χ1) is 22.9. The van der Waals surface area contributed by atoms with Crippen LogP contribution in [0.3, 0.4) is 0 Å². The van der Waals surface area contributed by atoms with Crippen LogP contribution in [0, 0.1) is 0 Å². The predicted molar refractivity (Wildman–Crippen MR) is 200 cm³/mol. The van der Waals surface area contributed by atoms with Gasteiger partial charge in [-0.05, 0) is 146 Å². The first-order valence-corrected chi connectivity index (χ1v) is 18.3. The lowest BCUT2D eigenvalue weighted by molar-refractivity contribution is 0.242. The summed E-state index contributed by atoms with van der Waals surface area (Å²) < 4.78 is 11.9. The summed E-state index contributed by atoms with van der Waals surface area (Å²) >= 11 is 5.27. The molecular formula is C42H38O2S3. The molecule has 0 aliphatic rings. The lowest BCUT2D eigenvalue weighted by Crippen LogP contribution is -2.04. The van der Waals surface area contributed by atoms with Crippen molar-refractivity contribution in [3.05, 3.63) is 151 Å². The molecule has 0 radical (unpaired) electrons. The highest BCUT2D eigenvalue weighted by Gasteiger charge is 2.06. The molecule has 0 amide bonds. The third-order valence-electron chi connectivity index (χ3n) is 7.37. The first kappa shape index (κ1) is 32.9. The number of rotatable bonds is 12. The van der Waals surface area contributed by atoms with Crippen molar-refractivity contribution in [3.8, 4) is 28.4 Å². The highest BCUT2D eigenvalue weighted by Crippen LogP contribution is 2.35. The van der Waals surface area contributed by atoms with Crippen LogP contribution in [-0.4, -0.2) is 6.10 Å². The van der Waals surface area contributed by atoms with Crippen LogP contribution < -0.4 is 9.47 Å². The minimum atomic E-state index is 0.180. The molecule has 5 heteroatoms. The molecule has 0 unspecified atom stereocenters. The minimum Gasteiger partial charge on any atom is -0.491 e. The summed E-state index contributed by atoms with van der Waals surface area (Å²) in [6, 6.07) is 51.2. The van der Waals surface area contributed by atoms with Crippen LogP contribution in [0.25, 0.3) is 11.1 Å². The zero-order valence-corrected chi connectivity index (χ0v) is 29.5.